The van der Waals surface area contributed by atoms with Gasteiger partial charge in [-0.3, -0.25) is 0 Å². The van der Waals surface area contributed by atoms with Crippen LogP contribution in [0.5, 0.6) is 0 Å². The molecule has 0 saturated carbocycles. The summed E-state index contributed by atoms with van der Waals surface area (Å²) in [6.45, 7) is 4.51. The summed E-state index contributed by atoms with van der Waals surface area (Å²) in [5.41, 5.74) is 7.14. The molecule has 0 amide bonds. The van der Waals surface area contributed by atoms with E-state index in [1.165, 1.54) is 6.42 Å². The summed E-state index contributed by atoms with van der Waals surface area (Å²) >= 11 is 4.98. The van der Waals surface area contributed by atoms with Crippen LogP contribution >= 0.6 is 12.2 Å². The zero-order chi connectivity index (χ0) is 13.8. The average Bonchev–Trinajstić information content (AvgIpc) is 2.39. The molecule has 1 aliphatic heterocycles. The second kappa shape index (κ2) is 6.25. The number of ether oxygens (including phenoxy) is 1. The van der Waals surface area contributed by atoms with Crippen molar-refractivity contribution in [2.45, 2.75) is 19.8 Å². The molecule has 1 atom stereocenters. The molecule has 2 heterocycles. The van der Waals surface area contributed by atoms with E-state index in [0.29, 0.717) is 22.5 Å². The molecule has 1 aromatic heterocycles. The molecule has 1 fully saturated rings. The summed E-state index contributed by atoms with van der Waals surface area (Å²) in [4.78, 5) is 11.2. The van der Waals surface area contributed by atoms with Crippen molar-refractivity contribution in [2.24, 2.45) is 11.7 Å². The quantitative estimate of drug-likeness (QED) is 0.838. The van der Waals surface area contributed by atoms with E-state index in [1.807, 2.05) is 24.9 Å². The smallest absolute Gasteiger partial charge is 0.225 e. The molecule has 1 aliphatic rings. The van der Waals surface area contributed by atoms with E-state index in [2.05, 4.69) is 9.97 Å². The van der Waals surface area contributed by atoms with Crippen LogP contribution in [0.2, 0.25) is 0 Å². The molecular formula is C13H20N4OS. The number of hydrogen-bond donors (Lipinski definition) is 1. The fraction of sp³-hybridized carbons (Fsp3) is 0.615. The Kier molecular flexibility index (Phi) is 4.66. The van der Waals surface area contributed by atoms with Crippen molar-refractivity contribution in [3.8, 4) is 0 Å². The molecule has 0 spiro atoms. The highest BCUT2D eigenvalue weighted by Gasteiger charge is 2.18. The molecule has 2 rings (SSSR count). The Morgan fingerprint density at radius 2 is 2.37 bits per heavy atom. The normalized spacial score (nSPS) is 19.2. The van der Waals surface area contributed by atoms with Gasteiger partial charge in [-0.2, -0.15) is 0 Å². The minimum atomic E-state index is 0.307. The van der Waals surface area contributed by atoms with Crippen LogP contribution in [0.15, 0.2) is 6.07 Å². The molecule has 1 unspecified atom stereocenters. The lowest BCUT2D eigenvalue weighted by atomic mass is 10.0. The minimum absolute atomic E-state index is 0.307. The van der Waals surface area contributed by atoms with Crippen molar-refractivity contribution < 1.29 is 4.74 Å². The SMILES string of the molecule is Cc1cc(C(N)=S)nc(N(C)CC2CCCOC2)n1. The Bertz CT molecular complexity index is 460. The number of anilines is 1. The molecule has 2 N–H and O–H groups in total. The molecule has 1 aromatic rings. The van der Waals surface area contributed by atoms with Crippen LogP contribution in [-0.4, -0.2) is 41.8 Å². The van der Waals surface area contributed by atoms with Crippen molar-refractivity contribution in [3.63, 3.8) is 0 Å². The predicted octanol–water partition coefficient (Wildman–Crippen LogP) is 1.28. The highest BCUT2D eigenvalue weighted by Crippen LogP contribution is 2.17. The average molecular weight is 280 g/mol. The predicted molar refractivity (Wildman–Crippen MR) is 79.5 cm³/mol. The molecule has 6 heteroatoms. The highest BCUT2D eigenvalue weighted by atomic mass is 32.1. The van der Waals surface area contributed by atoms with E-state index in [4.69, 9.17) is 22.7 Å². The first kappa shape index (κ1) is 14.1. The van der Waals surface area contributed by atoms with Crippen LogP contribution in [0.4, 0.5) is 5.95 Å². The van der Waals surface area contributed by atoms with Crippen LogP contribution in [0.1, 0.15) is 24.2 Å². The summed E-state index contributed by atoms with van der Waals surface area (Å²) in [6.07, 6.45) is 2.32. The molecule has 0 radical (unpaired) electrons. The van der Waals surface area contributed by atoms with Crippen LogP contribution in [0.3, 0.4) is 0 Å². The Hall–Kier alpha value is -1.27. The topological polar surface area (TPSA) is 64.3 Å². The van der Waals surface area contributed by atoms with Gasteiger partial charge in [-0.05, 0) is 31.7 Å². The summed E-state index contributed by atoms with van der Waals surface area (Å²) in [6, 6.07) is 1.81. The van der Waals surface area contributed by atoms with E-state index >= 15 is 0 Å². The summed E-state index contributed by atoms with van der Waals surface area (Å²) in [5.74, 6) is 1.21. The van der Waals surface area contributed by atoms with Crippen LogP contribution in [-0.2, 0) is 4.74 Å². The maximum Gasteiger partial charge on any atom is 0.225 e. The second-order valence-corrected chi connectivity index (χ2v) is 5.46. The van der Waals surface area contributed by atoms with Crippen molar-refractivity contribution in [3.05, 3.63) is 17.5 Å². The van der Waals surface area contributed by atoms with Crippen molar-refractivity contribution in [2.75, 3.05) is 31.7 Å². The minimum Gasteiger partial charge on any atom is -0.388 e. The van der Waals surface area contributed by atoms with Gasteiger partial charge < -0.3 is 15.4 Å². The van der Waals surface area contributed by atoms with Gasteiger partial charge in [-0.1, -0.05) is 12.2 Å². The van der Waals surface area contributed by atoms with Gasteiger partial charge in [-0.15, -0.1) is 0 Å². The molecule has 0 aromatic carbocycles. The molecule has 1 saturated heterocycles. The number of rotatable bonds is 4. The third kappa shape index (κ3) is 3.84. The number of nitrogens with zero attached hydrogens (tertiary/aromatic N) is 3. The lowest BCUT2D eigenvalue weighted by Crippen LogP contribution is -2.32. The van der Waals surface area contributed by atoms with E-state index in [9.17, 15) is 0 Å². The molecular weight excluding hydrogens is 260 g/mol. The monoisotopic (exact) mass is 280 g/mol. The highest BCUT2D eigenvalue weighted by molar-refractivity contribution is 7.80. The Labute approximate surface area is 119 Å². The van der Waals surface area contributed by atoms with Crippen LogP contribution in [0, 0.1) is 12.8 Å². The Morgan fingerprint density at radius 1 is 1.58 bits per heavy atom. The number of aryl methyl sites for hydroxylation is 1. The maximum absolute atomic E-state index is 5.64. The van der Waals surface area contributed by atoms with Gasteiger partial charge in [0.1, 0.15) is 10.7 Å². The summed E-state index contributed by atoms with van der Waals surface area (Å²) in [7, 11) is 1.99. The second-order valence-electron chi connectivity index (χ2n) is 5.02. The Balaban J connectivity index is 2.09. The molecule has 0 aliphatic carbocycles. The van der Waals surface area contributed by atoms with Crippen molar-refractivity contribution >= 4 is 23.2 Å². The lowest BCUT2D eigenvalue weighted by molar-refractivity contribution is 0.0575. The molecule has 19 heavy (non-hydrogen) atoms. The fourth-order valence-corrected chi connectivity index (χ4v) is 2.37. The number of nitrogens with two attached hydrogens (primary N) is 1. The van der Waals surface area contributed by atoms with Gasteiger partial charge in [-0.25, -0.2) is 9.97 Å². The zero-order valence-corrected chi connectivity index (χ0v) is 12.2. The third-order valence-electron chi connectivity index (χ3n) is 3.22. The first-order chi connectivity index (χ1) is 9.06. The Morgan fingerprint density at radius 3 is 3.00 bits per heavy atom. The number of hydrogen-bond acceptors (Lipinski definition) is 5. The van der Waals surface area contributed by atoms with Gasteiger partial charge in [0.25, 0.3) is 0 Å². The van der Waals surface area contributed by atoms with Gasteiger partial charge in [0.2, 0.25) is 5.95 Å². The first-order valence-corrected chi connectivity index (χ1v) is 6.91. The molecule has 104 valence electrons. The van der Waals surface area contributed by atoms with Gasteiger partial charge in [0, 0.05) is 25.9 Å². The van der Waals surface area contributed by atoms with Gasteiger partial charge >= 0.3 is 0 Å². The zero-order valence-electron chi connectivity index (χ0n) is 11.4. The molecule has 5 nitrogen and oxygen atoms in total. The van der Waals surface area contributed by atoms with Gasteiger partial charge in [0.05, 0.1) is 6.61 Å². The molecule has 0 bridgehead atoms. The summed E-state index contributed by atoms with van der Waals surface area (Å²) < 4.78 is 5.50. The van der Waals surface area contributed by atoms with E-state index in [1.54, 1.807) is 0 Å². The summed E-state index contributed by atoms with van der Waals surface area (Å²) in [5, 5.41) is 0. The largest absolute Gasteiger partial charge is 0.388 e. The van der Waals surface area contributed by atoms with Gasteiger partial charge in [0.15, 0.2) is 0 Å². The van der Waals surface area contributed by atoms with E-state index in [0.717, 1.165) is 31.9 Å². The van der Waals surface area contributed by atoms with Crippen LogP contribution < -0.4 is 10.6 Å². The maximum atomic E-state index is 5.64. The third-order valence-corrected chi connectivity index (χ3v) is 3.43. The number of aromatic nitrogens is 2. The fourth-order valence-electron chi connectivity index (χ4n) is 2.27. The first-order valence-electron chi connectivity index (χ1n) is 6.50. The van der Waals surface area contributed by atoms with Crippen molar-refractivity contribution in [1.29, 1.82) is 0 Å². The van der Waals surface area contributed by atoms with E-state index < -0.39 is 0 Å². The standard InChI is InChI=1S/C13H20N4OS/c1-9-6-11(12(14)19)16-13(15-9)17(2)7-10-4-3-5-18-8-10/h6,10H,3-5,7-8H2,1-2H3,(H2,14,19). The van der Waals surface area contributed by atoms with E-state index in [-0.39, 0.29) is 0 Å². The number of thiocarbonyl (C=S) groups is 1. The lowest BCUT2D eigenvalue weighted by Gasteiger charge is -2.27. The van der Waals surface area contributed by atoms with Crippen LogP contribution in [0.25, 0.3) is 0 Å². The van der Waals surface area contributed by atoms with Crippen molar-refractivity contribution in [1.82, 2.24) is 9.97 Å².